The van der Waals surface area contributed by atoms with Gasteiger partial charge in [0, 0.05) is 19.7 Å². The van der Waals surface area contributed by atoms with Gasteiger partial charge < -0.3 is 0 Å². The number of nitrogens with two attached hydrogens (primary N) is 1. The van der Waals surface area contributed by atoms with E-state index in [2.05, 4.69) is 30.1 Å². The van der Waals surface area contributed by atoms with E-state index in [-0.39, 0.29) is 0 Å². The standard InChI is InChI=1S/C12H18N4/c1-9-7-5-6-8-11(9)12-10(2)16(13)15(4)14(12)3/h5-8H,13H2,1-4H3. The fourth-order valence-corrected chi connectivity index (χ4v) is 2.06. The van der Waals surface area contributed by atoms with Gasteiger partial charge in [0.25, 0.3) is 0 Å². The molecular formula is C12H18N4. The minimum Gasteiger partial charge on any atom is -0.288 e. The van der Waals surface area contributed by atoms with Gasteiger partial charge in [-0.25, -0.2) is 11.0 Å². The molecule has 2 rings (SSSR count). The van der Waals surface area contributed by atoms with Crippen molar-refractivity contribution >= 4 is 5.70 Å². The molecule has 0 aliphatic carbocycles. The van der Waals surface area contributed by atoms with Gasteiger partial charge in [0.2, 0.25) is 0 Å². The first-order valence-corrected chi connectivity index (χ1v) is 5.33. The van der Waals surface area contributed by atoms with Crippen molar-refractivity contribution < 1.29 is 0 Å². The molecule has 16 heavy (non-hydrogen) atoms. The van der Waals surface area contributed by atoms with E-state index in [1.54, 1.807) is 5.12 Å². The van der Waals surface area contributed by atoms with Crippen LogP contribution in [0, 0.1) is 6.92 Å². The highest BCUT2D eigenvalue weighted by Gasteiger charge is 2.28. The van der Waals surface area contributed by atoms with Crippen LogP contribution in [0.15, 0.2) is 30.0 Å². The Bertz CT molecular complexity index is 438. The van der Waals surface area contributed by atoms with Crippen LogP contribution in [0.4, 0.5) is 0 Å². The summed E-state index contributed by atoms with van der Waals surface area (Å²) in [5.74, 6) is 5.95. The Balaban J connectivity index is 2.53. The summed E-state index contributed by atoms with van der Waals surface area (Å²) in [6.45, 7) is 4.14. The number of nitrogens with zero attached hydrogens (tertiary/aromatic N) is 3. The maximum absolute atomic E-state index is 5.95. The summed E-state index contributed by atoms with van der Waals surface area (Å²) < 4.78 is 0. The highest BCUT2D eigenvalue weighted by atomic mass is 15.9. The highest BCUT2D eigenvalue weighted by molar-refractivity contribution is 5.69. The van der Waals surface area contributed by atoms with Crippen molar-refractivity contribution in [2.75, 3.05) is 14.1 Å². The molecule has 1 aliphatic rings. The molecule has 0 spiro atoms. The topological polar surface area (TPSA) is 35.7 Å². The Morgan fingerprint density at radius 1 is 1.06 bits per heavy atom. The maximum Gasteiger partial charge on any atom is 0.0832 e. The first-order valence-electron chi connectivity index (χ1n) is 5.33. The number of hydrazine groups is 3. The van der Waals surface area contributed by atoms with Crippen LogP contribution in [0.1, 0.15) is 18.1 Å². The molecule has 0 amide bonds. The van der Waals surface area contributed by atoms with Crippen LogP contribution in [0.3, 0.4) is 0 Å². The Hall–Kier alpha value is -1.52. The Morgan fingerprint density at radius 3 is 2.19 bits per heavy atom. The zero-order chi connectivity index (χ0) is 11.9. The predicted molar refractivity (Wildman–Crippen MR) is 65.3 cm³/mol. The smallest absolute Gasteiger partial charge is 0.0832 e. The van der Waals surface area contributed by atoms with Gasteiger partial charge in [0.15, 0.2) is 0 Å². The molecule has 0 aromatic heterocycles. The lowest BCUT2D eigenvalue weighted by Gasteiger charge is -2.28. The molecule has 0 saturated carbocycles. The molecule has 0 fully saturated rings. The lowest BCUT2D eigenvalue weighted by Crippen LogP contribution is -2.44. The van der Waals surface area contributed by atoms with Gasteiger partial charge in [-0.3, -0.25) is 5.01 Å². The van der Waals surface area contributed by atoms with E-state index >= 15 is 0 Å². The van der Waals surface area contributed by atoms with Gasteiger partial charge >= 0.3 is 0 Å². The fraction of sp³-hybridized carbons (Fsp3) is 0.333. The summed E-state index contributed by atoms with van der Waals surface area (Å²) in [5.41, 5.74) is 4.69. The van der Waals surface area contributed by atoms with Crippen LogP contribution < -0.4 is 5.84 Å². The molecule has 0 bridgehead atoms. The Morgan fingerprint density at radius 2 is 1.69 bits per heavy atom. The average Bonchev–Trinajstić information content (AvgIpc) is 2.45. The third-order valence-electron chi connectivity index (χ3n) is 3.16. The average molecular weight is 218 g/mol. The number of rotatable bonds is 1. The number of aryl methyl sites for hydroxylation is 1. The van der Waals surface area contributed by atoms with E-state index in [9.17, 15) is 0 Å². The second-order valence-corrected chi connectivity index (χ2v) is 4.11. The van der Waals surface area contributed by atoms with Crippen LogP contribution in [0.2, 0.25) is 0 Å². The van der Waals surface area contributed by atoms with Crippen molar-refractivity contribution in [3.05, 3.63) is 41.1 Å². The third-order valence-corrected chi connectivity index (χ3v) is 3.16. The van der Waals surface area contributed by atoms with Crippen molar-refractivity contribution in [2.24, 2.45) is 5.84 Å². The zero-order valence-corrected chi connectivity index (χ0v) is 10.2. The number of benzene rings is 1. The Labute approximate surface area is 96.5 Å². The molecule has 1 aromatic rings. The van der Waals surface area contributed by atoms with Crippen molar-refractivity contribution in [1.29, 1.82) is 0 Å². The van der Waals surface area contributed by atoms with Gasteiger partial charge in [-0.1, -0.05) is 24.3 Å². The zero-order valence-electron chi connectivity index (χ0n) is 10.2. The molecule has 0 atom stereocenters. The van der Waals surface area contributed by atoms with Crippen molar-refractivity contribution in [3.63, 3.8) is 0 Å². The number of allylic oxidation sites excluding steroid dienone is 1. The third kappa shape index (κ3) is 1.47. The van der Waals surface area contributed by atoms with Crippen molar-refractivity contribution in [2.45, 2.75) is 13.8 Å². The first-order chi connectivity index (χ1) is 7.54. The lowest BCUT2D eigenvalue weighted by atomic mass is 10.0. The molecule has 1 heterocycles. The summed E-state index contributed by atoms with van der Waals surface area (Å²) in [6.07, 6.45) is 0. The fourth-order valence-electron chi connectivity index (χ4n) is 2.06. The van der Waals surface area contributed by atoms with E-state index in [0.29, 0.717) is 0 Å². The van der Waals surface area contributed by atoms with Crippen LogP contribution >= 0.6 is 0 Å². The molecule has 86 valence electrons. The minimum atomic E-state index is 1.05. The SMILES string of the molecule is CC1=C(c2ccccc2C)N(C)N(C)N1N. The number of hydrogen-bond acceptors (Lipinski definition) is 4. The first kappa shape index (κ1) is 11.0. The molecule has 0 unspecified atom stereocenters. The largest absolute Gasteiger partial charge is 0.288 e. The van der Waals surface area contributed by atoms with E-state index < -0.39 is 0 Å². The molecule has 1 aromatic carbocycles. The molecule has 0 radical (unpaired) electrons. The molecule has 1 aliphatic heterocycles. The summed E-state index contributed by atoms with van der Waals surface area (Å²) >= 11 is 0. The molecule has 2 N–H and O–H groups in total. The second-order valence-electron chi connectivity index (χ2n) is 4.11. The van der Waals surface area contributed by atoms with Gasteiger partial charge in [0.05, 0.1) is 11.4 Å². The van der Waals surface area contributed by atoms with Crippen LogP contribution in [0.25, 0.3) is 5.70 Å². The summed E-state index contributed by atoms with van der Waals surface area (Å²) in [4.78, 5) is 0. The normalized spacial score (nSPS) is 17.6. The van der Waals surface area contributed by atoms with Gasteiger partial charge in [-0.05, 0) is 19.4 Å². The Kier molecular flexibility index (Phi) is 2.61. The van der Waals surface area contributed by atoms with Crippen LogP contribution in [-0.2, 0) is 0 Å². The second kappa shape index (κ2) is 3.81. The van der Waals surface area contributed by atoms with E-state index in [1.807, 2.05) is 32.2 Å². The van der Waals surface area contributed by atoms with Gasteiger partial charge in [-0.2, -0.15) is 0 Å². The molecule has 4 nitrogen and oxygen atoms in total. The maximum atomic E-state index is 5.95. The van der Waals surface area contributed by atoms with Crippen molar-refractivity contribution in [1.82, 2.24) is 15.2 Å². The van der Waals surface area contributed by atoms with E-state index in [0.717, 1.165) is 11.4 Å². The van der Waals surface area contributed by atoms with Crippen LogP contribution in [-0.4, -0.2) is 29.3 Å². The molecule has 0 saturated heterocycles. The van der Waals surface area contributed by atoms with E-state index in [1.165, 1.54) is 11.1 Å². The summed E-state index contributed by atoms with van der Waals surface area (Å²) in [5, 5.41) is 5.59. The van der Waals surface area contributed by atoms with Crippen molar-refractivity contribution in [3.8, 4) is 0 Å². The number of hydrogen-bond donors (Lipinski definition) is 1. The van der Waals surface area contributed by atoms with Gasteiger partial charge in [0.1, 0.15) is 0 Å². The highest BCUT2D eigenvalue weighted by Crippen LogP contribution is 2.31. The van der Waals surface area contributed by atoms with E-state index in [4.69, 9.17) is 5.84 Å². The van der Waals surface area contributed by atoms with Gasteiger partial charge in [-0.15, -0.1) is 5.12 Å². The molecule has 4 heteroatoms. The van der Waals surface area contributed by atoms with Crippen LogP contribution in [0.5, 0.6) is 0 Å². The summed E-state index contributed by atoms with van der Waals surface area (Å²) in [7, 11) is 3.95. The minimum absolute atomic E-state index is 1.05. The monoisotopic (exact) mass is 218 g/mol. The predicted octanol–water partition coefficient (Wildman–Crippen LogP) is 1.57. The lowest BCUT2D eigenvalue weighted by molar-refractivity contribution is -0.0725. The molecular weight excluding hydrogens is 200 g/mol. The quantitative estimate of drug-likeness (QED) is 0.726. The summed E-state index contributed by atoms with van der Waals surface area (Å²) in [6, 6.07) is 8.34.